The average molecular weight is 414 g/mol. The van der Waals surface area contributed by atoms with E-state index >= 15 is 0 Å². The zero-order chi connectivity index (χ0) is 21.5. The van der Waals surface area contributed by atoms with Crippen molar-refractivity contribution in [2.45, 2.75) is 38.4 Å². The number of carbonyl (C=O) groups excluding carboxylic acids is 2. The third-order valence-corrected chi connectivity index (χ3v) is 5.58. The maximum Gasteiger partial charge on any atom is 0.416 e. The van der Waals surface area contributed by atoms with Crippen molar-refractivity contribution in [3.05, 3.63) is 70.9 Å². The number of ketones is 1. The quantitative estimate of drug-likeness (QED) is 0.651. The first-order chi connectivity index (χ1) is 14.3. The van der Waals surface area contributed by atoms with Crippen LogP contribution in [-0.4, -0.2) is 28.1 Å². The molecule has 0 bridgehead atoms. The van der Waals surface area contributed by atoms with Gasteiger partial charge in [0.05, 0.1) is 11.6 Å². The molecule has 156 valence electrons. The first kappa shape index (κ1) is 20.2. The molecule has 4 rings (SSSR count). The Morgan fingerprint density at radius 2 is 1.87 bits per heavy atom. The van der Waals surface area contributed by atoms with Crippen LogP contribution < -0.4 is 0 Å². The Bertz CT molecular complexity index is 1120. The van der Waals surface area contributed by atoms with Gasteiger partial charge in [0.25, 0.3) is 0 Å². The number of nitrogens with zero attached hydrogens (tertiary/aromatic N) is 1. The van der Waals surface area contributed by atoms with E-state index in [9.17, 15) is 22.8 Å². The number of benzene rings is 2. The van der Waals surface area contributed by atoms with E-state index in [1.807, 2.05) is 24.3 Å². The number of aromatic nitrogens is 1. The molecule has 4 nitrogen and oxygen atoms in total. The molecule has 0 saturated carbocycles. The smallest absolute Gasteiger partial charge is 0.356 e. The van der Waals surface area contributed by atoms with E-state index in [4.69, 9.17) is 0 Å². The molecule has 1 aliphatic rings. The molecule has 2 heterocycles. The largest absolute Gasteiger partial charge is 0.416 e. The summed E-state index contributed by atoms with van der Waals surface area (Å²) in [6.07, 6.45) is -3.72. The Labute approximate surface area is 171 Å². The second-order valence-corrected chi connectivity index (χ2v) is 7.63. The number of fused-ring (bicyclic) bond motifs is 3. The number of H-pyrrole nitrogens is 1. The molecule has 3 aromatic rings. The van der Waals surface area contributed by atoms with Gasteiger partial charge in [0.1, 0.15) is 5.78 Å². The Balaban J connectivity index is 1.83. The van der Waals surface area contributed by atoms with E-state index in [1.165, 1.54) is 13.0 Å². The average Bonchev–Trinajstić information content (AvgIpc) is 3.09. The lowest BCUT2D eigenvalue weighted by Crippen LogP contribution is -2.40. The van der Waals surface area contributed by atoms with Gasteiger partial charge in [-0.3, -0.25) is 4.79 Å². The second-order valence-electron chi connectivity index (χ2n) is 7.63. The highest BCUT2D eigenvalue weighted by atomic mass is 19.4. The maximum absolute atomic E-state index is 13.3. The Kier molecular flexibility index (Phi) is 5.13. The van der Waals surface area contributed by atoms with Crippen molar-refractivity contribution in [3.8, 4) is 0 Å². The summed E-state index contributed by atoms with van der Waals surface area (Å²) in [4.78, 5) is 29.2. The van der Waals surface area contributed by atoms with Crippen LogP contribution in [0.1, 0.15) is 48.2 Å². The summed E-state index contributed by atoms with van der Waals surface area (Å²) in [6, 6.07) is 12.2. The van der Waals surface area contributed by atoms with Gasteiger partial charge in [-0.15, -0.1) is 0 Å². The van der Waals surface area contributed by atoms with Gasteiger partial charge in [-0.1, -0.05) is 30.3 Å². The van der Waals surface area contributed by atoms with Crippen LogP contribution in [0.4, 0.5) is 13.2 Å². The van der Waals surface area contributed by atoms with Crippen molar-refractivity contribution < 1.29 is 22.8 Å². The number of Topliss-reactive ketones (excluding diaryl/α,β-unsaturated/α-hetero) is 1. The monoisotopic (exact) mass is 414 g/mol. The van der Waals surface area contributed by atoms with E-state index in [-0.39, 0.29) is 24.5 Å². The highest BCUT2D eigenvalue weighted by molar-refractivity contribution is 5.87. The second kappa shape index (κ2) is 7.63. The summed E-state index contributed by atoms with van der Waals surface area (Å²) < 4.78 is 40.0. The molecular weight excluding hydrogens is 393 g/mol. The van der Waals surface area contributed by atoms with E-state index < -0.39 is 17.8 Å². The van der Waals surface area contributed by atoms with Crippen LogP contribution in [0, 0.1) is 0 Å². The summed E-state index contributed by atoms with van der Waals surface area (Å²) in [6.45, 7) is 1.80. The van der Waals surface area contributed by atoms with Crippen molar-refractivity contribution >= 4 is 22.6 Å². The lowest BCUT2D eigenvalue weighted by Gasteiger charge is -2.36. The molecule has 0 spiro atoms. The highest BCUT2D eigenvalue weighted by Crippen LogP contribution is 2.40. The zero-order valence-electron chi connectivity index (χ0n) is 16.4. The molecule has 0 radical (unpaired) electrons. The highest BCUT2D eigenvalue weighted by Gasteiger charge is 2.36. The molecular formula is C23H21F3N2O2. The van der Waals surface area contributed by atoms with Crippen LogP contribution in [0.15, 0.2) is 48.5 Å². The third kappa shape index (κ3) is 3.72. The van der Waals surface area contributed by atoms with Crippen molar-refractivity contribution in [3.63, 3.8) is 0 Å². The molecule has 1 aliphatic heterocycles. The van der Waals surface area contributed by atoms with E-state index in [0.717, 1.165) is 34.3 Å². The summed E-state index contributed by atoms with van der Waals surface area (Å²) in [5.74, 6) is -0.334. The first-order valence-corrected chi connectivity index (χ1v) is 9.81. The van der Waals surface area contributed by atoms with Gasteiger partial charge in [0, 0.05) is 36.0 Å². The molecule has 0 unspecified atom stereocenters. The zero-order valence-corrected chi connectivity index (χ0v) is 16.4. The normalized spacial score (nSPS) is 16.5. The van der Waals surface area contributed by atoms with Crippen molar-refractivity contribution in [2.75, 3.05) is 6.54 Å². The maximum atomic E-state index is 13.3. The number of rotatable bonds is 4. The molecule has 1 amide bonds. The summed E-state index contributed by atoms with van der Waals surface area (Å²) in [7, 11) is 0. The molecule has 30 heavy (non-hydrogen) atoms. The summed E-state index contributed by atoms with van der Waals surface area (Å²) in [5.41, 5.74) is 2.28. The van der Waals surface area contributed by atoms with Gasteiger partial charge in [-0.2, -0.15) is 13.2 Å². The van der Waals surface area contributed by atoms with Crippen molar-refractivity contribution in [1.29, 1.82) is 0 Å². The van der Waals surface area contributed by atoms with Crippen LogP contribution >= 0.6 is 0 Å². The predicted molar refractivity (Wildman–Crippen MR) is 107 cm³/mol. The fourth-order valence-corrected chi connectivity index (χ4v) is 4.17. The van der Waals surface area contributed by atoms with Crippen LogP contribution in [0.2, 0.25) is 0 Å². The van der Waals surface area contributed by atoms with E-state index in [0.29, 0.717) is 18.5 Å². The number of hydrogen-bond acceptors (Lipinski definition) is 2. The van der Waals surface area contributed by atoms with Gasteiger partial charge < -0.3 is 14.7 Å². The van der Waals surface area contributed by atoms with Crippen LogP contribution in [0.5, 0.6) is 0 Å². The van der Waals surface area contributed by atoms with Gasteiger partial charge in [0.15, 0.2) is 0 Å². The fraction of sp³-hybridized carbons (Fsp3) is 0.304. The number of halogens is 3. The lowest BCUT2D eigenvalue weighted by molar-refractivity contribution is -0.137. The molecule has 1 aromatic heterocycles. The van der Waals surface area contributed by atoms with Gasteiger partial charge >= 0.3 is 6.18 Å². The number of amides is 1. The number of para-hydroxylation sites is 1. The van der Waals surface area contributed by atoms with Crippen LogP contribution in [-0.2, 0) is 22.2 Å². The number of alkyl halides is 3. The Hall–Kier alpha value is -3.09. The van der Waals surface area contributed by atoms with Gasteiger partial charge in [0.2, 0.25) is 5.91 Å². The Morgan fingerprint density at radius 1 is 1.10 bits per heavy atom. The SMILES string of the molecule is CC(=O)CCC(=O)N1CCc2c([nH]c3ccccc23)[C@@H]1c1cccc(C(F)(F)F)c1. The van der Waals surface area contributed by atoms with Crippen LogP contribution in [0.25, 0.3) is 10.9 Å². The number of aromatic amines is 1. The Morgan fingerprint density at radius 3 is 2.60 bits per heavy atom. The van der Waals surface area contributed by atoms with Gasteiger partial charge in [-0.25, -0.2) is 0 Å². The topological polar surface area (TPSA) is 53.2 Å². The third-order valence-electron chi connectivity index (χ3n) is 5.58. The van der Waals surface area contributed by atoms with Crippen molar-refractivity contribution in [2.24, 2.45) is 0 Å². The molecule has 2 aromatic carbocycles. The van der Waals surface area contributed by atoms with E-state index in [1.54, 1.807) is 11.0 Å². The van der Waals surface area contributed by atoms with Crippen molar-refractivity contribution in [1.82, 2.24) is 9.88 Å². The fourth-order valence-electron chi connectivity index (χ4n) is 4.17. The number of carbonyl (C=O) groups is 2. The van der Waals surface area contributed by atoms with Gasteiger partial charge in [-0.05, 0) is 42.7 Å². The summed E-state index contributed by atoms with van der Waals surface area (Å²) >= 11 is 0. The molecule has 0 saturated heterocycles. The predicted octanol–water partition coefficient (Wildman–Crippen LogP) is 5.03. The molecule has 0 fully saturated rings. The molecule has 1 atom stereocenters. The summed E-state index contributed by atoms with van der Waals surface area (Å²) in [5, 5.41) is 1.01. The molecule has 1 N–H and O–H groups in total. The standard InChI is InChI=1S/C23H21F3N2O2/c1-14(29)9-10-20(30)28-12-11-18-17-7-2-3-8-19(17)27-21(18)22(28)15-5-4-6-16(13-15)23(24,25)26/h2-8,13,22,27H,9-12H2,1H3/t22-/m0/s1. The van der Waals surface area contributed by atoms with Crippen LogP contribution in [0.3, 0.4) is 0 Å². The lowest BCUT2D eigenvalue weighted by atomic mass is 9.91. The first-order valence-electron chi connectivity index (χ1n) is 9.81. The minimum absolute atomic E-state index is 0.0420. The molecule has 7 heteroatoms. The van der Waals surface area contributed by atoms with E-state index in [2.05, 4.69) is 4.98 Å². The number of hydrogen-bond donors (Lipinski definition) is 1. The number of nitrogens with one attached hydrogen (secondary N) is 1. The minimum Gasteiger partial charge on any atom is -0.356 e. The molecule has 0 aliphatic carbocycles. The minimum atomic E-state index is -4.47.